The summed E-state index contributed by atoms with van der Waals surface area (Å²) in [5.41, 5.74) is 0.213. The second-order valence-corrected chi connectivity index (χ2v) is 6.19. The number of halogens is 3. The number of rotatable bonds is 5. The van der Waals surface area contributed by atoms with Crippen molar-refractivity contribution in [3.63, 3.8) is 0 Å². The molecule has 1 aromatic heterocycles. The van der Waals surface area contributed by atoms with Gasteiger partial charge in [-0.3, -0.25) is 9.59 Å². The molecule has 1 amide bonds. The Hall–Kier alpha value is -3.68. The van der Waals surface area contributed by atoms with E-state index in [4.69, 9.17) is 0 Å². The van der Waals surface area contributed by atoms with Crippen LogP contribution in [0.25, 0.3) is 0 Å². The van der Waals surface area contributed by atoms with Crippen LogP contribution in [0.2, 0.25) is 0 Å². The number of aromatic nitrogens is 1. The summed E-state index contributed by atoms with van der Waals surface area (Å²) in [6, 6.07) is 14.2. The van der Waals surface area contributed by atoms with Crippen molar-refractivity contribution in [3.05, 3.63) is 83.6 Å². The van der Waals surface area contributed by atoms with Crippen molar-refractivity contribution >= 4 is 28.9 Å². The van der Waals surface area contributed by atoms with Gasteiger partial charge in [-0.15, -0.1) is 0 Å². The third-order valence-electron chi connectivity index (χ3n) is 4.07. The molecule has 0 saturated heterocycles. The van der Waals surface area contributed by atoms with Gasteiger partial charge >= 0.3 is 6.18 Å². The second kappa shape index (κ2) is 8.14. The molecule has 3 rings (SSSR count). The maximum atomic E-state index is 13.1. The fourth-order valence-electron chi connectivity index (χ4n) is 2.61. The van der Waals surface area contributed by atoms with Crippen LogP contribution in [0.1, 0.15) is 33.2 Å². The molecule has 8 heteroatoms. The first-order valence-corrected chi connectivity index (χ1v) is 8.56. The number of nitrogens with zero attached hydrogens (tertiary/aromatic N) is 1. The Labute approximate surface area is 164 Å². The molecule has 0 saturated carbocycles. The normalized spacial score (nSPS) is 11.0. The molecule has 2 N–H and O–H groups in total. The highest BCUT2D eigenvalue weighted by Gasteiger charge is 2.33. The Morgan fingerprint density at radius 3 is 2.28 bits per heavy atom. The average Bonchev–Trinajstić information content (AvgIpc) is 2.68. The van der Waals surface area contributed by atoms with Gasteiger partial charge in [-0.2, -0.15) is 13.2 Å². The van der Waals surface area contributed by atoms with Crippen molar-refractivity contribution in [2.24, 2.45) is 0 Å². The second-order valence-electron chi connectivity index (χ2n) is 6.19. The Bertz CT molecular complexity index is 1050. The monoisotopic (exact) mass is 399 g/mol. The summed E-state index contributed by atoms with van der Waals surface area (Å²) in [4.78, 5) is 27.7. The highest BCUT2D eigenvalue weighted by Crippen LogP contribution is 2.35. The number of hydrogen-bond acceptors (Lipinski definition) is 4. The molecule has 0 aliphatic heterocycles. The minimum Gasteiger partial charge on any atom is -0.340 e. The molecule has 0 atom stereocenters. The van der Waals surface area contributed by atoms with E-state index in [1.165, 1.54) is 43.5 Å². The van der Waals surface area contributed by atoms with Crippen LogP contribution < -0.4 is 10.6 Å². The smallest absolute Gasteiger partial charge is 0.340 e. The van der Waals surface area contributed by atoms with E-state index in [1.54, 1.807) is 24.3 Å². The lowest BCUT2D eigenvalue weighted by atomic mass is 10.1. The number of carbonyl (C=O) groups is 2. The maximum absolute atomic E-state index is 13.1. The Morgan fingerprint density at radius 2 is 1.62 bits per heavy atom. The van der Waals surface area contributed by atoms with E-state index in [0.717, 1.165) is 6.07 Å². The van der Waals surface area contributed by atoms with E-state index >= 15 is 0 Å². The lowest BCUT2D eigenvalue weighted by Gasteiger charge is -2.14. The Morgan fingerprint density at radius 1 is 0.931 bits per heavy atom. The topological polar surface area (TPSA) is 71.1 Å². The maximum Gasteiger partial charge on any atom is 0.418 e. The fourth-order valence-corrected chi connectivity index (χ4v) is 2.61. The van der Waals surface area contributed by atoms with Gasteiger partial charge in [0.05, 0.1) is 11.3 Å². The van der Waals surface area contributed by atoms with Gasteiger partial charge in [-0.1, -0.05) is 12.1 Å². The number of para-hydroxylation sites is 1. The number of hydrogen-bond donors (Lipinski definition) is 2. The number of amides is 1. The number of ketones is 1. The van der Waals surface area contributed by atoms with Crippen molar-refractivity contribution in [1.29, 1.82) is 0 Å². The molecule has 0 radical (unpaired) electrons. The minimum absolute atomic E-state index is 0.0909. The van der Waals surface area contributed by atoms with Gasteiger partial charge in [0.2, 0.25) is 0 Å². The van der Waals surface area contributed by atoms with Gasteiger partial charge < -0.3 is 10.6 Å². The predicted octanol–water partition coefficient (Wildman–Crippen LogP) is 5.30. The lowest BCUT2D eigenvalue weighted by Crippen LogP contribution is -2.13. The summed E-state index contributed by atoms with van der Waals surface area (Å²) < 4.78 is 39.4. The lowest BCUT2D eigenvalue weighted by molar-refractivity contribution is -0.136. The van der Waals surface area contributed by atoms with Crippen LogP contribution >= 0.6 is 0 Å². The molecular weight excluding hydrogens is 383 g/mol. The first-order valence-electron chi connectivity index (χ1n) is 8.56. The number of Topliss-reactive ketones (excluding diaryl/α,β-unsaturated/α-hetero) is 1. The van der Waals surface area contributed by atoms with Gasteiger partial charge in [0.15, 0.2) is 5.78 Å². The molecule has 0 aliphatic carbocycles. The number of benzene rings is 2. The van der Waals surface area contributed by atoms with E-state index in [1.807, 2.05) is 0 Å². The summed E-state index contributed by atoms with van der Waals surface area (Å²) in [5, 5.41) is 5.27. The fraction of sp³-hybridized carbons (Fsp3) is 0.0952. The summed E-state index contributed by atoms with van der Waals surface area (Å²) in [6.45, 7) is 1.44. The molecule has 2 aromatic carbocycles. The summed E-state index contributed by atoms with van der Waals surface area (Å²) >= 11 is 0. The third kappa shape index (κ3) is 4.98. The van der Waals surface area contributed by atoms with Gasteiger partial charge in [0, 0.05) is 23.0 Å². The van der Waals surface area contributed by atoms with Crippen molar-refractivity contribution in [3.8, 4) is 0 Å². The SMILES string of the molecule is CC(=O)c1ccc(NC(=O)c2ccnc(Nc3ccccc3C(F)(F)F)c2)cc1. The number of pyridine rings is 1. The van der Waals surface area contributed by atoms with E-state index in [0.29, 0.717) is 11.3 Å². The molecule has 148 valence electrons. The highest BCUT2D eigenvalue weighted by atomic mass is 19.4. The number of anilines is 3. The largest absolute Gasteiger partial charge is 0.418 e. The van der Waals surface area contributed by atoms with E-state index in [2.05, 4.69) is 15.6 Å². The Balaban J connectivity index is 1.78. The Kier molecular flexibility index (Phi) is 5.63. The molecule has 0 spiro atoms. The van der Waals surface area contributed by atoms with Crippen LogP contribution in [0.15, 0.2) is 66.9 Å². The van der Waals surface area contributed by atoms with Gasteiger partial charge in [0.1, 0.15) is 5.82 Å². The van der Waals surface area contributed by atoms with E-state index in [9.17, 15) is 22.8 Å². The molecule has 3 aromatic rings. The van der Waals surface area contributed by atoms with Crippen molar-refractivity contribution in [1.82, 2.24) is 4.98 Å². The zero-order valence-corrected chi connectivity index (χ0v) is 15.2. The summed E-state index contributed by atoms with van der Waals surface area (Å²) in [7, 11) is 0. The molecule has 0 bridgehead atoms. The first kappa shape index (κ1) is 20.1. The number of carbonyl (C=O) groups excluding carboxylic acids is 2. The molecule has 0 unspecified atom stereocenters. The van der Waals surface area contributed by atoms with Crippen molar-refractivity contribution in [2.45, 2.75) is 13.1 Å². The zero-order chi connectivity index (χ0) is 21.0. The van der Waals surface area contributed by atoms with Gasteiger partial charge in [0.25, 0.3) is 5.91 Å². The van der Waals surface area contributed by atoms with Crippen molar-refractivity contribution < 1.29 is 22.8 Å². The van der Waals surface area contributed by atoms with Gasteiger partial charge in [-0.25, -0.2) is 4.98 Å². The molecule has 0 aliphatic rings. The summed E-state index contributed by atoms with van der Waals surface area (Å²) in [6.07, 6.45) is -3.20. The van der Waals surface area contributed by atoms with Crippen LogP contribution in [0, 0.1) is 0 Å². The van der Waals surface area contributed by atoms with Gasteiger partial charge in [-0.05, 0) is 55.5 Å². The number of alkyl halides is 3. The minimum atomic E-state index is -4.52. The average molecular weight is 399 g/mol. The molecule has 1 heterocycles. The van der Waals surface area contributed by atoms with Crippen LogP contribution in [0.4, 0.5) is 30.4 Å². The molecule has 0 fully saturated rings. The van der Waals surface area contributed by atoms with E-state index < -0.39 is 17.6 Å². The third-order valence-corrected chi connectivity index (χ3v) is 4.07. The van der Waals surface area contributed by atoms with Crippen LogP contribution in [-0.4, -0.2) is 16.7 Å². The zero-order valence-electron chi connectivity index (χ0n) is 15.2. The van der Waals surface area contributed by atoms with Crippen LogP contribution in [-0.2, 0) is 6.18 Å². The standard InChI is InChI=1S/C21H16F3N3O2/c1-13(28)14-6-8-16(9-7-14)26-20(29)15-10-11-25-19(12-15)27-18-5-3-2-4-17(18)21(22,23)24/h2-12H,1H3,(H,25,27)(H,26,29). The van der Waals surface area contributed by atoms with Crippen LogP contribution in [0.5, 0.6) is 0 Å². The number of nitrogens with one attached hydrogen (secondary N) is 2. The van der Waals surface area contributed by atoms with Crippen LogP contribution in [0.3, 0.4) is 0 Å². The first-order chi connectivity index (χ1) is 13.7. The highest BCUT2D eigenvalue weighted by molar-refractivity contribution is 6.05. The predicted molar refractivity (Wildman–Crippen MR) is 103 cm³/mol. The molecule has 29 heavy (non-hydrogen) atoms. The van der Waals surface area contributed by atoms with E-state index in [-0.39, 0.29) is 22.9 Å². The summed E-state index contributed by atoms with van der Waals surface area (Å²) in [5.74, 6) is -0.455. The molecular formula is C21H16F3N3O2. The molecule has 5 nitrogen and oxygen atoms in total. The quantitative estimate of drug-likeness (QED) is 0.571. The van der Waals surface area contributed by atoms with Crippen molar-refractivity contribution in [2.75, 3.05) is 10.6 Å².